The van der Waals surface area contributed by atoms with E-state index >= 15 is 0 Å². The first-order valence-corrected chi connectivity index (χ1v) is 11.7. The quantitative estimate of drug-likeness (QED) is 0.760. The van der Waals surface area contributed by atoms with Crippen LogP contribution in [0.25, 0.3) is 0 Å². The molecular formula is C21H29FN4O3S. The SMILES string of the molecule is Cc1cc(C)c(S(=O)(=O)N2CCC(NCC(=O)N3C[C@@H](F)C[C@H]3C#N)CC2)c(C)c1. The second-order valence-corrected chi connectivity index (χ2v) is 10.2. The summed E-state index contributed by atoms with van der Waals surface area (Å²) in [6.45, 7) is 6.33. The number of sulfonamides is 1. The molecule has 1 aromatic carbocycles. The van der Waals surface area contributed by atoms with Crippen LogP contribution in [0, 0.1) is 32.1 Å². The molecule has 30 heavy (non-hydrogen) atoms. The zero-order valence-electron chi connectivity index (χ0n) is 17.7. The zero-order chi connectivity index (χ0) is 22.1. The average molecular weight is 437 g/mol. The molecule has 2 fully saturated rings. The Morgan fingerprint density at radius 2 is 1.83 bits per heavy atom. The molecule has 1 aromatic rings. The van der Waals surface area contributed by atoms with E-state index in [2.05, 4.69) is 5.32 Å². The van der Waals surface area contributed by atoms with Gasteiger partial charge in [0.2, 0.25) is 15.9 Å². The molecule has 2 aliphatic heterocycles. The van der Waals surface area contributed by atoms with Crippen molar-refractivity contribution in [3.05, 3.63) is 28.8 Å². The van der Waals surface area contributed by atoms with Crippen LogP contribution in [0.3, 0.4) is 0 Å². The topological polar surface area (TPSA) is 93.5 Å². The highest BCUT2D eigenvalue weighted by Crippen LogP contribution is 2.27. The molecule has 1 amide bonds. The van der Waals surface area contributed by atoms with Gasteiger partial charge < -0.3 is 10.2 Å². The van der Waals surface area contributed by atoms with Crippen molar-refractivity contribution in [1.29, 1.82) is 5.26 Å². The van der Waals surface area contributed by atoms with Crippen molar-refractivity contribution in [3.8, 4) is 6.07 Å². The predicted molar refractivity (Wildman–Crippen MR) is 111 cm³/mol. The van der Waals surface area contributed by atoms with Crippen molar-refractivity contribution in [1.82, 2.24) is 14.5 Å². The minimum Gasteiger partial charge on any atom is -0.323 e. The molecule has 7 nitrogen and oxygen atoms in total. The fourth-order valence-corrected chi connectivity index (χ4v) is 6.40. The number of halogens is 1. The lowest BCUT2D eigenvalue weighted by Gasteiger charge is -2.32. The van der Waals surface area contributed by atoms with Gasteiger partial charge in [-0.15, -0.1) is 0 Å². The summed E-state index contributed by atoms with van der Waals surface area (Å²) >= 11 is 0. The summed E-state index contributed by atoms with van der Waals surface area (Å²) in [4.78, 5) is 14.0. The molecule has 9 heteroatoms. The summed E-state index contributed by atoms with van der Waals surface area (Å²) < 4.78 is 41.4. The lowest BCUT2D eigenvalue weighted by atomic mass is 10.1. The highest BCUT2D eigenvalue weighted by Gasteiger charge is 2.36. The van der Waals surface area contributed by atoms with Gasteiger partial charge in [-0.3, -0.25) is 4.79 Å². The van der Waals surface area contributed by atoms with Crippen molar-refractivity contribution in [3.63, 3.8) is 0 Å². The number of aryl methyl sites for hydroxylation is 3. The van der Waals surface area contributed by atoms with Gasteiger partial charge in [-0.2, -0.15) is 9.57 Å². The van der Waals surface area contributed by atoms with Crippen molar-refractivity contribution in [2.24, 2.45) is 0 Å². The Balaban J connectivity index is 1.56. The molecule has 2 saturated heterocycles. The maximum absolute atomic E-state index is 13.5. The van der Waals surface area contributed by atoms with E-state index < -0.39 is 22.2 Å². The molecule has 164 valence electrons. The third-order valence-corrected chi connectivity index (χ3v) is 8.12. The lowest BCUT2D eigenvalue weighted by Crippen LogP contribution is -2.48. The molecule has 0 bridgehead atoms. The van der Waals surface area contributed by atoms with E-state index in [1.807, 2.05) is 39.0 Å². The van der Waals surface area contributed by atoms with Crippen LogP contribution in [0.2, 0.25) is 0 Å². The number of nitriles is 1. The van der Waals surface area contributed by atoms with Crippen molar-refractivity contribution >= 4 is 15.9 Å². The summed E-state index contributed by atoms with van der Waals surface area (Å²) in [7, 11) is -3.57. The monoisotopic (exact) mass is 436 g/mol. The van der Waals surface area contributed by atoms with Crippen molar-refractivity contribution in [2.45, 2.75) is 63.2 Å². The maximum Gasteiger partial charge on any atom is 0.243 e. The van der Waals surface area contributed by atoms with E-state index in [1.54, 1.807) is 0 Å². The molecule has 0 aliphatic carbocycles. The highest BCUT2D eigenvalue weighted by molar-refractivity contribution is 7.89. The molecule has 2 aliphatic rings. The Labute approximate surface area is 177 Å². The van der Waals surface area contributed by atoms with E-state index in [0.29, 0.717) is 30.8 Å². The third-order valence-electron chi connectivity index (χ3n) is 5.92. The Morgan fingerprint density at radius 1 is 1.23 bits per heavy atom. The number of hydrogen-bond acceptors (Lipinski definition) is 5. The first kappa shape index (κ1) is 22.7. The number of carbonyl (C=O) groups is 1. The van der Waals surface area contributed by atoms with Crippen LogP contribution in [-0.2, 0) is 14.8 Å². The van der Waals surface area contributed by atoms with Gasteiger partial charge in [0.25, 0.3) is 0 Å². The number of amides is 1. The van der Waals surface area contributed by atoms with Crippen LogP contribution in [-0.4, -0.2) is 68.0 Å². The number of alkyl halides is 1. The second-order valence-electron chi connectivity index (χ2n) is 8.31. The summed E-state index contributed by atoms with van der Waals surface area (Å²) in [6, 6.07) is 5.04. The first-order chi connectivity index (χ1) is 14.1. The van der Waals surface area contributed by atoms with E-state index in [4.69, 9.17) is 5.26 Å². The Hall–Kier alpha value is -2.02. The highest BCUT2D eigenvalue weighted by atomic mass is 32.2. The Bertz CT molecular complexity index is 928. The van der Waals surface area contributed by atoms with E-state index in [0.717, 1.165) is 16.7 Å². The van der Waals surface area contributed by atoms with E-state index in [9.17, 15) is 17.6 Å². The van der Waals surface area contributed by atoms with Gasteiger partial charge in [0.15, 0.2) is 0 Å². The van der Waals surface area contributed by atoms with Crippen LogP contribution in [0.1, 0.15) is 36.0 Å². The minimum atomic E-state index is -3.57. The van der Waals surface area contributed by atoms with Gasteiger partial charge in [0.05, 0.1) is 24.1 Å². The molecule has 0 aromatic heterocycles. The molecule has 1 N–H and O–H groups in total. The number of likely N-dealkylation sites (tertiary alicyclic amines) is 1. The van der Waals surface area contributed by atoms with Crippen molar-refractivity contribution in [2.75, 3.05) is 26.2 Å². The van der Waals surface area contributed by atoms with E-state index in [-0.39, 0.29) is 31.5 Å². The second kappa shape index (κ2) is 9.00. The number of nitrogens with zero attached hydrogens (tertiary/aromatic N) is 3. The van der Waals surface area contributed by atoms with Crippen LogP contribution >= 0.6 is 0 Å². The fourth-order valence-electron chi connectivity index (χ4n) is 4.52. The van der Waals surface area contributed by atoms with Crippen LogP contribution in [0.4, 0.5) is 4.39 Å². The zero-order valence-corrected chi connectivity index (χ0v) is 18.5. The summed E-state index contributed by atoms with van der Waals surface area (Å²) in [5, 5.41) is 12.2. The number of benzene rings is 1. The van der Waals surface area contributed by atoms with Gasteiger partial charge in [0.1, 0.15) is 12.2 Å². The molecular weight excluding hydrogens is 407 g/mol. The number of rotatable bonds is 5. The van der Waals surface area contributed by atoms with Gasteiger partial charge >= 0.3 is 0 Å². The number of carbonyl (C=O) groups excluding carboxylic acids is 1. The molecule has 0 saturated carbocycles. The van der Waals surface area contributed by atoms with Gasteiger partial charge in [0, 0.05) is 25.6 Å². The normalized spacial score (nSPS) is 23.5. The van der Waals surface area contributed by atoms with Gasteiger partial charge in [-0.1, -0.05) is 17.7 Å². The molecule has 2 heterocycles. The molecule has 3 rings (SSSR count). The molecule has 2 atom stereocenters. The summed E-state index contributed by atoms with van der Waals surface area (Å²) in [6.07, 6.45) is 0.0881. The fraction of sp³-hybridized carbons (Fsp3) is 0.619. The summed E-state index contributed by atoms with van der Waals surface area (Å²) in [5.41, 5.74) is 2.54. The first-order valence-electron chi connectivity index (χ1n) is 10.3. The Kier molecular flexibility index (Phi) is 6.80. The smallest absolute Gasteiger partial charge is 0.243 e. The minimum absolute atomic E-state index is 0.00456. The van der Waals surface area contributed by atoms with E-state index in [1.165, 1.54) is 9.21 Å². The van der Waals surface area contributed by atoms with Crippen molar-refractivity contribution < 1.29 is 17.6 Å². The summed E-state index contributed by atoms with van der Waals surface area (Å²) in [5.74, 6) is -0.289. The van der Waals surface area contributed by atoms with Gasteiger partial charge in [-0.05, 0) is 44.7 Å². The van der Waals surface area contributed by atoms with Crippen LogP contribution < -0.4 is 5.32 Å². The van der Waals surface area contributed by atoms with Crippen LogP contribution in [0.5, 0.6) is 0 Å². The largest absolute Gasteiger partial charge is 0.323 e. The average Bonchev–Trinajstić information content (AvgIpc) is 3.06. The number of piperidine rings is 1. The maximum atomic E-state index is 13.5. The molecule has 0 unspecified atom stereocenters. The third kappa shape index (κ3) is 4.66. The van der Waals surface area contributed by atoms with Gasteiger partial charge in [-0.25, -0.2) is 12.8 Å². The number of nitrogens with one attached hydrogen (secondary N) is 1. The molecule has 0 spiro atoms. The van der Waals surface area contributed by atoms with Crippen LogP contribution in [0.15, 0.2) is 17.0 Å². The predicted octanol–water partition coefficient (Wildman–Crippen LogP) is 1.82. The number of hydrogen-bond donors (Lipinski definition) is 1. The lowest BCUT2D eigenvalue weighted by molar-refractivity contribution is -0.130. The molecule has 0 radical (unpaired) electrons. The Morgan fingerprint density at radius 3 is 2.40 bits per heavy atom. The standard InChI is InChI=1S/C21H29FN4O3S/c1-14-8-15(2)21(16(3)9-14)30(28,29)25-6-4-18(5-7-25)24-12-20(27)26-13-17(22)10-19(26)11-23/h8-9,17-19,24H,4-7,10,12-13H2,1-3H3/t17-,19-/m0/s1.